The second kappa shape index (κ2) is 15.1. The second-order valence-electron chi connectivity index (χ2n) is 10.6. The van der Waals surface area contributed by atoms with Crippen LogP contribution in [0.25, 0.3) is 16.9 Å². The van der Waals surface area contributed by atoms with Crippen LogP contribution in [0.5, 0.6) is 11.5 Å². The number of anilines is 2. The number of carbonyl (C=O) groups is 1. The summed E-state index contributed by atoms with van der Waals surface area (Å²) in [4.78, 5) is 20.8. The van der Waals surface area contributed by atoms with E-state index in [2.05, 4.69) is 30.9 Å². The molecule has 0 aliphatic carbocycles. The SMILES string of the molecule is CCOC(O)CCCOc1ccc(-n2nnc3cnc(Nc4cccc(OCCCNC(=O)OC(C)(C)C)c4)nc32)cc1. The maximum absolute atomic E-state index is 11.7. The Hall–Kier alpha value is -4.49. The fourth-order valence-electron chi connectivity index (χ4n) is 3.93. The summed E-state index contributed by atoms with van der Waals surface area (Å²) >= 11 is 0. The Kier molecular flexibility index (Phi) is 11.1. The summed E-state index contributed by atoms with van der Waals surface area (Å²) in [5.41, 5.74) is 2.08. The number of aromatic nitrogens is 5. The van der Waals surface area contributed by atoms with Crippen molar-refractivity contribution < 1.29 is 28.8 Å². The predicted octanol–water partition coefficient (Wildman–Crippen LogP) is 4.76. The van der Waals surface area contributed by atoms with Gasteiger partial charge in [-0.3, -0.25) is 0 Å². The van der Waals surface area contributed by atoms with Gasteiger partial charge in [0.15, 0.2) is 17.5 Å². The molecule has 0 saturated heterocycles. The first-order valence-electron chi connectivity index (χ1n) is 14.3. The molecule has 0 spiro atoms. The number of hydrogen-bond donors (Lipinski definition) is 3. The summed E-state index contributed by atoms with van der Waals surface area (Å²) in [6.07, 6.45) is 2.21. The largest absolute Gasteiger partial charge is 0.494 e. The minimum atomic E-state index is -0.763. The summed E-state index contributed by atoms with van der Waals surface area (Å²) in [5.74, 6) is 1.75. The van der Waals surface area contributed by atoms with Crippen molar-refractivity contribution in [3.63, 3.8) is 0 Å². The molecule has 0 aliphatic rings. The summed E-state index contributed by atoms with van der Waals surface area (Å²) in [6, 6.07) is 14.9. The van der Waals surface area contributed by atoms with Gasteiger partial charge in [-0.1, -0.05) is 11.3 Å². The van der Waals surface area contributed by atoms with E-state index in [0.717, 1.165) is 11.4 Å². The molecular formula is C30H39N7O6. The zero-order chi connectivity index (χ0) is 30.7. The zero-order valence-corrected chi connectivity index (χ0v) is 24.9. The van der Waals surface area contributed by atoms with Crippen LogP contribution >= 0.6 is 0 Å². The lowest BCUT2D eigenvalue weighted by Gasteiger charge is -2.19. The molecule has 2 aromatic heterocycles. The number of fused-ring (bicyclic) bond motifs is 1. The van der Waals surface area contributed by atoms with Crippen molar-refractivity contribution in [2.45, 2.75) is 58.8 Å². The molecule has 2 aromatic carbocycles. The molecule has 0 fully saturated rings. The first kappa shape index (κ1) is 31.4. The van der Waals surface area contributed by atoms with Gasteiger partial charge in [0.05, 0.1) is 25.1 Å². The third-order valence-electron chi connectivity index (χ3n) is 5.85. The summed E-state index contributed by atoms with van der Waals surface area (Å²) in [7, 11) is 0. The van der Waals surface area contributed by atoms with E-state index in [1.54, 1.807) is 10.9 Å². The molecule has 1 atom stereocenters. The van der Waals surface area contributed by atoms with E-state index in [9.17, 15) is 9.90 Å². The van der Waals surface area contributed by atoms with Crippen LogP contribution in [-0.4, -0.2) is 74.4 Å². The number of nitrogens with one attached hydrogen (secondary N) is 2. The molecule has 0 radical (unpaired) electrons. The van der Waals surface area contributed by atoms with Crippen LogP contribution in [0, 0.1) is 0 Å². The Morgan fingerprint density at radius 3 is 2.58 bits per heavy atom. The lowest BCUT2D eigenvalue weighted by atomic mass is 10.2. The highest BCUT2D eigenvalue weighted by Crippen LogP contribution is 2.22. The fourth-order valence-corrected chi connectivity index (χ4v) is 3.93. The number of benzene rings is 2. The van der Waals surface area contributed by atoms with E-state index in [0.29, 0.717) is 74.2 Å². The quantitative estimate of drug-likeness (QED) is 0.129. The molecular weight excluding hydrogens is 554 g/mol. The van der Waals surface area contributed by atoms with Gasteiger partial charge in [0.2, 0.25) is 5.95 Å². The predicted molar refractivity (Wildman–Crippen MR) is 161 cm³/mol. The topological polar surface area (TPSA) is 155 Å². The van der Waals surface area contributed by atoms with Gasteiger partial charge in [0, 0.05) is 31.3 Å². The molecule has 230 valence electrons. The normalized spacial score (nSPS) is 12.1. The van der Waals surface area contributed by atoms with Crippen LogP contribution in [-0.2, 0) is 9.47 Å². The van der Waals surface area contributed by atoms with Crippen LogP contribution in [0.4, 0.5) is 16.4 Å². The van der Waals surface area contributed by atoms with E-state index in [1.165, 1.54) is 0 Å². The van der Waals surface area contributed by atoms with E-state index in [1.807, 2.05) is 76.2 Å². The van der Waals surface area contributed by atoms with Crippen molar-refractivity contribution in [1.82, 2.24) is 30.3 Å². The van der Waals surface area contributed by atoms with Crippen LogP contribution in [0.1, 0.15) is 47.0 Å². The van der Waals surface area contributed by atoms with Crippen molar-refractivity contribution in [1.29, 1.82) is 0 Å². The molecule has 4 rings (SSSR count). The number of hydrogen-bond acceptors (Lipinski definition) is 11. The zero-order valence-electron chi connectivity index (χ0n) is 24.9. The molecule has 13 heteroatoms. The van der Waals surface area contributed by atoms with E-state index >= 15 is 0 Å². The molecule has 0 aliphatic heterocycles. The molecule has 3 N–H and O–H groups in total. The average Bonchev–Trinajstić information content (AvgIpc) is 3.38. The van der Waals surface area contributed by atoms with E-state index in [4.69, 9.17) is 18.9 Å². The Bertz CT molecular complexity index is 1460. The highest BCUT2D eigenvalue weighted by atomic mass is 16.6. The molecule has 0 saturated carbocycles. The molecule has 2 heterocycles. The summed E-state index contributed by atoms with van der Waals surface area (Å²) < 4.78 is 23.6. The first-order chi connectivity index (χ1) is 20.7. The maximum atomic E-state index is 11.7. The van der Waals surface area contributed by atoms with Gasteiger partial charge in [0.25, 0.3) is 0 Å². The van der Waals surface area contributed by atoms with Crippen molar-refractivity contribution in [3.8, 4) is 17.2 Å². The molecule has 4 aromatic rings. The monoisotopic (exact) mass is 593 g/mol. The van der Waals surface area contributed by atoms with Gasteiger partial charge in [-0.15, -0.1) is 5.10 Å². The van der Waals surface area contributed by atoms with E-state index < -0.39 is 18.0 Å². The van der Waals surface area contributed by atoms with Crippen LogP contribution in [0.15, 0.2) is 54.7 Å². The number of rotatable bonds is 15. The molecule has 1 amide bonds. The van der Waals surface area contributed by atoms with Gasteiger partial charge in [-0.25, -0.2) is 9.78 Å². The molecule has 13 nitrogen and oxygen atoms in total. The van der Waals surface area contributed by atoms with Gasteiger partial charge in [-0.2, -0.15) is 9.67 Å². The summed E-state index contributed by atoms with van der Waals surface area (Å²) in [6.45, 7) is 9.12. The van der Waals surface area contributed by atoms with Gasteiger partial charge >= 0.3 is 6.09 Å². The lowest BCUT2D eigenvalue weighted by Crippen LogP contribution is -2.33. The van der Waals surface area contributed by atoms with E-state index in [-0.39, 0.29) is 0 Å². The van der Waals surface area contributed by atoms with Crippen molar-refractivity contribution in [3.05, 3.63) is 54.7 Å². The molecule has 1 unspecified atom stereocenters. The van der Waals surface area contributed by atoms with Gasteiger partial charge < -0.3 is 34.7 Å². The Balaban J connectivity index is 1.30. The van der Waals surface area contributed by atoms with Crippen molar-refractivity contribution in [2.24, 2.45) is 0 Å². The Labute approximate surface area is 250 Å². The maximum Gasteiger partial charge on any atom is 0.407 e. The number of amides is 1. The number of aliphatic hydroxyl groups excluding tert-OH is 1. The number of alkyl carbamates (subject to hydrolysis) is 1. The summed E-state index contributed by atoms with van der Waals surface area (Å²) in [5, 5.41) is 24.0. The third kappa shape index (κ3) is 10.1. The smallest absolute Gasteiger partial charge is 0.407 e. The Morgan fingerprint density at radius 1 is 1.05 bits per heavy atom. The number of nitrogens with zero attached hydrogens (tertiary/aromatic N) is 5. The average molecular weight is 594 g/mol. The first-order valence-corrected chi connectivity index (χ1v) is 14.3. The number of aliphatic hydroxyl groups is 1. The number of ether oxygens (including phenoxy) is 4. The highest BCUT2D eigenvalue weighted by Gasteiger charge is 2.15. The number of carbonyl (C=O) groups excluding carboxylic acids is 1. The van der Waals surface area contributed by atoms with Crippen molar-refractivity contribution in [2.75, 3.05) is 31.7 Å². The standard InChI is InChI=1S/C30H39N7O6/c1-5-40-26(38)11-7-17-41-23-14-12-22(13-15-23)37-27-25(35-36-37)20-32-28(34-27)33-21-9-6-10-24(19-21)42-18-8-16-31-29(39)43-30(2,3)4/h6,9-10,12-15,19-20,26,38H,5,7-8,11,16-18H2,1-4H3,(H,31,39)(H,32,33,34). The van der Waals surface area contributed by atoms with Crippen LogP contribution in [0.2, 0.25) is 0 Å². The second-order valence-corrected chi connectivity index (χ2v) is 10.6. The van der Waals surface area contributed by atoms with Crippen LogP contribution < -0.4 is 20.1 Å². The third-order valence-corrected chi connectivity index (χ3v) is 5.85. The van der Waals surface area contributed by atoms with Gasteiger partial charge in [-0.05, 0) is 76.9 Å². The molecule has 43 heavy (non-hydrogen) atoms. The minimum Gasteiger partial charge on any atom is -0.494 e. The minimum absolute atomic E-state index is 0.379. The highest BCUT2D eigenvalue weighted by molar-refractivity contribution is 5.73. The van der Waals surface area contributed by atoms with Gasteiger partial charge in [0.1, 0.15) is 17.1 Å². The fraction of sp³-hybridized carbons (Fsp3) is 0.433. The Morgan fingerprint density at radius 2 is 1.81 bits per heavy atom. The lowest BCUT2D eigenvalue weighted by molar-refractivity contribution is -0.100. The van der Waals surface area contributed by atoms with Crippen molar-refractivity contribution >= 4 is 28.9 Å². The molecule has 0 bridgehead atoms. The van der Waals surface area contributed by atoms with Crippen LogP contribution in [0.3, 0.4) is 0 Å².